The lowest BCUT2D eigenvalue weighted by Gasteiger charge is -2.34. The van der Waals surface area contributed by atoms with Crippen LogP contribution in [0.4, 0.5) is 0 Å². The van der Waals surface area contributed by atoms with E-state index in [1.807, 2.05) is 12.1 Å². The third-order valence-corrected chi connectivity index (χ3v) is 5.84. The molecule has 1 aliphatic rings. The molecule has 0 saturated carbocycles. The van der Waals surface area contributed by atoms with Crippen molar-refractivity contribution in [2.24, 2.45) is 4.99 Å². The molecule has 0 amide bonds. The summed E-state index contributed by atoms with van der Waals surface area (Å²) in [6.07, 6.45) is 3.06. The van der Waals surface area contributed by atoms with E-state index in [2.05, 4.69) is 72.2 Å². The van der Waals surface area contributed by atoms with Crippen molar-refractivity contribution in [1.82, 2.24) is 4.98 Å². The van der Waals surface area contributed by atoms with Gasteiger partial charge in [0, 0.05) is 15.4 Å². The van der Waals surface area contributed by atoms with E-state index in [9.17, 15) is 0 Å². The van der Waals surface area contributed by atoms with E-state index in [0.29, 0.717) is 0 Å². The highest BCUT2D eigenvalue weighted by atomic mass is 79.9. The molecule has 0 spiro atoms. The molecule has 2 nitrogen and oxygen atoms in total. The van der Waals surface area contributed by atoms with Gasteiger partial charge in [-0.15, -0.1) is 0 Å². The van der Waals surface area contributed by atoms with Gasteiger partial charge >= 0.3 is 0 Å². The van der Waals surface area contributed by atoms with E-state index in [-0.39, 0.29) is 5.54 Å². The molecule has 1 aliphatic heterocycles. The van der Waals surface area contributed by atoms with Crippen LogP contribution in [-0.4, -0.2) is 16.2 Å². The van der Waals surface area contributed by atoms with Gasteiger partial charge in [-0.25, -0.2) is 4.98 Å². The number of aromatic nitrogens is 1. The van der Waals surface area contributed by atoms with Crippen LogP contribution < -0.4 is 0 Å². The first-order chi connectivity index (χ1) is 12.1. The van der Waals surface area contributed by atoms with Gasteiger partial charge in [0.05, 0.1) is 22.5 Å². The van der Waals surface area contributed by atoms with E-state index in [0.717, 1.165) is 46.0 Å². The van der Waals surface area contributed by atoms with Crippen LogP contribution in [-0.2, 0) is 6.42 Å². The predicted octanol–water partition coefficient (Wildman–Crippen LogP) is 5.95. The molecule has 0 N–H and O–H groups in total. The Morgan fingerprint density at radius 1 is 1.00 bits per heavy atom. The summed E-state index contributed by atoms with van der Waals surface area (Å²) < 4.78 is 1.13. The van der Waals surface area contributed by atoms with Crippen molar-refractivity contribution < 1.29 is 0 Å². The smallest absolute Gasteiger partial charge is 0.0913 e. The van der Waals surface area contributed by atoms with Crippen LogP contribution in [0.2, 0.25) is 0 Å². The molecular weight excluding hydrogens is 372 g/mol. The van der Waals surface area contributed by atoms with Crippen molar-refractivity contribution in [1.29, 1.82) is 0 Å². The molecule has 126 valence electrons. The SMILES string of the molecule is CCC1(CC)Cc2cc(Br)ccc2C(c2ccc3ccccc3n2)=N1. The molecule has 3 aromatic rings. The minimum absolute atomic E-state index is 0.0313. The van der Waals surface area contributed by atoms with Gasteiger partial charge in [-0.3, -0.25) is 4.99 Å². The molecule has 3 heteroatoms. The zero-order valence-electron chi connectivity index (χ0n) is 14.6. The first-order valence-electron chi connectivity index (χ1n) is 8.89. The Hall–Kier alpha value is -2.00. The van der Waals surface area contributed by atoms with Crippen LogP contribution in [0.15, 0.2) is 64.1 Å². The van der Waals surface area contributed by atoms with Crippen molar-refractivity contribution in [2.45, 2.75) is 38.6 Å². The number of halogens is 1. The molecule has 0 atom stereocenters. The minimum atomic E-state index is -0.0313. The Morgan fingerprint density at radius 3 is 2.60 bits per heavy atom. The maximum absolute atomic E-state index is 5.24. The molecule has 0 aliphatic carbocycles. The zero-order chi connectivity index (χ0) is 17.4. The maximum Gasteiger partial charge on any atom is 0.0913 e. The Kier molecular flexibility index (Phi) is 4.20. The lowest BCUT2D eigenvalue weighted by Crippen LogP contribution is -2.34. The standard InChI is InChI=1S/C22H21BrN2/c1-3-22(4-2)14-16-13-17(23)10-11-18(16)21(25-22)20-12-9-15-7-5-6-8-19(15)24-20/h5-13H,3-4,14H2,1-2H3. The van der Waals surface area contributed by atoms with Crippen molar-refractivity contribution in [2.75, 3.05) is 0 Å². The van der Waals surface area contributed by atoms with Crippen LogP contribution in [0.3, 0.4) is 0 Å². The molecule has 0 bridgehead atoms. The third kappa shape index (κ3) is 2.91. The van der Waals surface area contributed by atoms with Crippen molar-refractivity contribution in [3.63, 3.8) is 0 Å². The number of benzene rings is 2. The normalized spacial score (nSPS) is 15.7. The number of hydrogen-bond donors (Lipinski definition) is 0. The highest BCUT2D eigenvalue weighted by Gasteiger charge is 2.33. The molecule has 2 aromatic carbocycles. The summed E-state index contributed by atoms with van der Waals surface area (Å²) in [5.74, 6) is 0. The number of pyridine rings is 1. The van der Waals surface area contributed by atoms with Gasteiger partial charge in [-0.2, -0.15) is 0 Å². The topological polar surface area (TPSA) is 25.2 Å². The second-order valence-electron chi connectivity index (χ2n) is 6.76. The van der Waals surface area contributed by atoms with E-state index < -0.39 is 0 Å². The number of fused-ring (bicyclic) bond motifs is 2. The van der Waals surface area contributed by atoms with E-state index in [1.165, 1.54) is 11.1 Å². The van der Waals surface area contributed by atoms with Crippen LogP contribution in [0.5, 0.6) is 0 Å². The highest BCUT2D eigenvalue weighted by molar-refractivity contribution is 9.10. The quantitative estimate of drug-likeness (QED) is 0.540. The average Bonchev–Trinajstić information content (AvgIpc) is 2.66. The van der Waals surface area contributed by atoms with Crippen LogP contribution in [0.25, 0.3) is 10.9 Å². The van der Waals surface area contributed by atoms with Gasteiger partial charge in [0.15, 0.2) is 0 Å². The van der Waals surface area contributed by atoms with Crippen molar-refractivity contribution in [3.05, 3.63) is 75.9 Å². The van der Waals surface area contributed by atoms with Gasteiger partial charge in [0.25, 0.3) is 0 Å². The molecule has 4 rings (SSSR count). The highest BCUT2D eigenvalue weighted by Crippen LogP contribution is 2.35. The first kappa shape index (κ1) is 16.5. The summed E-state index contributed by atoms with van der Waals surface area (Å²) in [5, 5.41) is 1.16. The molecule has 0 unspecified atom stereocenters. The maximum atomic E-state index is 5.24. The molecule has 1 aromatic heterocycles. The van der Waals surface area contributed by atoms with Crippen molar-refractivity contribution in [3.8, 4) is 0 Å². The fourth-order valence-electron chi connectivity index (χ4n) is 3.68. The summed E-state index contributed by atoms with van der Waals surface area (Å²) in [6.45, 7) is 4.48. The molecular formula is C22H21BrN2. The second kappa shape index (κ2) is 6.38. The molecule has 0 fully saturated rings. The summed E-state index contributed by atoms with van der Waals surface area (Å²) in [7, 11) is 0. The number of nitrogens with zero attached hydrogens (tertiary/aromatic N) is 2. The number of rotatable bonds is 3. The molecule has 25 heavy (non-hydrogen) atoms. The molecule has 0 radical (unpaired) electrons. The molecule has 0 saturated heterocycles. The Morgan fingerprint density at radius 2 is 1.80 bits per heavy atom. The fourth-order valence-corrected chi connectivity index (χ4v) is 4.09. The van der Waals surface area contributed by atoms with Crippen LogP contribution >= 0.6 is 15.9 Å². The van der Waals surface area contributed by atoms with Crippen LogP contribution in [0, 0.1) is 0 Å². The second-order valence-corrected chi connectivity index (χ2v) is 7.67. The van der Waals surface area contributed by atoms with Gasteiger partial charge in [-0.05, 0) is 49.1 Å². The summed E-state index contributed by atoms with van der Waals surface area (Å²) >= 11 is 3.63. The summed E-state index contributed by atoms with van der Waals surface area (Å²) in [5.41, 5.74) is 5.56. The Balaban J connectivity index is 1.94. The van der Waals surface area contributed by atoms with Gasteiger partial charge < -0.3 is 0 Å². The fraction of sp³-hybridized carbons (Fsp3) is 0.273. The summed E-state index contributed by atoms with van der Waals surface area (Å²) in [4.78, 5) is 10.1. The lowest BCUT2D eigenvalue weighted by atomic mass is 9.80. The van der Waals surface area contributed by atoms with Gasteiger partial charge in [-0.1, -0.05) is 60.1 Å². The predicted molar refractivity (Wildman–Crippen MR) is 109 cm³/mol. The number of aliphatic imine (C=N–C) groups is 1. The third-order valence-electron chi connectivity index (χ3n) is 5.35. The molecule has 2 heterocycles. The lowest BCUT2D eigenvalue weighted by molar-refractivity contribution is 0.392. The monoisotopic (exact) mass is 392 g/mol. The Labute approximate surface area is 157 Å². The summed E-state index contributed by atoms with van der Waals surface area (Å²) in [6, 6.07) is 19.0. The van der Waals surface area contributed by atoms with Gasteiger partial charge in [0.1, 0.15) is 0 Å². The van der Waals surface area contributed by atoms with E-state index >= 15 is 0 Å². The average molecular weight is 393 g/mol. The number of para-hydroxylation sites is 1. The largest absolute Gasteiger partial charge is 0.275 e. The van der Waals surface area contributed by atoms with Gasteiger partial charge in [0.2, 0.25) is 0 Å². The minimum Gasteiger partial charge on any atom is -0.275 e. The zero-order valence-corrected chi connectivity index (χ0v) is 16.2. The van der Waals surface area contributed by atoms with Crippen molar-refractivity contribution >= 4 is 32.5 Å². The first-order valence-corrected chi connectivity index (χ1v) is 9.68. The van der Waals surface area contributed by atoms with E-state index in [4.69, 9.17) is 9.98 Å². The number of hydrogen-bond acceptors (Lipinski definition) is 2. The van der Waals surface area contributed by atoms with E-state index in [1.54, 1.807) is 0 Å². The van der Waals surface area contributed by atoms with Crippen LogP contribution in [0.1, 0.15) is 43.5 Å². The Bertz CT molecular complexity index is 971.